The number of furan rings is 1. The van der Waals surface area contributed by atoms with Gasteiger partial charge in [0, 0.05) is 11.8 Å². The minimum absolute atomic E-state index is 0.239. The zero-order chi connectivity index (χ0) is 19.3. The summed E-state index contributed by atoms with van der Waals surface area (Å²) in [4.78, 5) is 24.1. The molecular formula is C16H19N3O6S. The summed E-state index contributed by atoms with van der Waals surface area (Å²) in [6, 6.07) is 5.12. The Kier molecular flexibility index (Phi) is 5.88. The molecule has 0 spiro atoms. The first-order valence-corrected chi connectivity index (χ1v) is 9.38. The molecule has 2 rings (SSSR count). The second-order valence-corrected chi connectivity index (χ2v) is 7.23. The van der Waals surface area contributed by atoms with Gasteiger partial charge in [0.15, 0.2) is 0 Å². The van der Waals surface area contributed by atoms with Gasteiger partial charge in [-0.3, -0.25) is 14.3 Å². The molecule has 1 aromatic carbocycles. The van der Waals surface area contributed by atoms with E-state index in [0.29, 0.717) is 11.3 Å². The molecule has 0 unspecified atom stereocenters. The molecule has 26 heavy (non-hydrogen) atoms. The van der Waals surface area contributed by atoms with Gasteiger partial charge < -0.3 is 19.8 Å². The Morgan fingerprint density at radius 3 is 2.54 bits per heavy atom. The third-order valence-electron chi connectivity index (χ3n) is 3.29. The van der Waals surface area contributed by atoms with Gasteiger partial charge in [0.25, 0.3) is 5.91 Å². The Balaban J connectivity index is 2.05. The van der Waals surface area contributed by atoms with Crippen LogP contribution < -0.4 is 20.1 Å². The zero-order valence-electron chi connectivity index (χ0n) is 14.4. The lowest BCUT2D eigenvalue weighted by Crippen LogP contribution is -2.41. The number of carbonyl (C=O) groups excluding carboxylic acids is 2. The minimum atomic E-state index is -3.47. The monoisotopic (exact) mass is 381 g/mol. The van der Waals surface area contributed by atoms with E-state index in [1.807, 2.05) is 0 Å². The van der Waals surface area contributed by atoms with Crippen molar-refractivity contribution in [1.29, 1.82) is 0 Å². The topological polar surface area (TPSA) is 127 Å². The van der Waals surface area contributed by atoms with Crippen molar-refractivity contribution in [2.75, 3.05) is 23.4 Å². The molecule has 0 aliphatic carbocycles. The highest BCUT2D eigenvalue weighted by molar-refractivity contribution is 7.92. The van der Waals surface area contributed by atoms with Crippen LogP contribution in [-0.2, 0) is 14.8 Å². The lowest BCUT2D eigenvalue weighted by molar-refractivity contribution is -0.117. The van der Waals surface area contributed by atoms with Crippen molar-refractivity contribution in [2.45, 2.75) is 13.0 Å². The number of carbonyl (C=O) groups is 2. The van der Waals surface area contributed by atoms with Crippen molar-refractivity contribution >= 4 is 33.2 Å². The number of amides is 2. The Bertz CT molecular complexity index is 893. The Hall–Kier alpha value is -3.01. The van der Waals surface area contributed by atoms with Crippen molar-refractivity contribution in [3.63, 3.8) is 0 Å². The van der Waals surface area contributed by atoms with Crippen LogP contribution in [0.25, 0.3) is 0 Å². The molecule has 0 saturated carbocycles. The molecule has 0 aliphatic rings. The molecule has 0 bridgehead atoms. The van der Waals surface area contributed by atoms with Crippen LogP contribution in [0.2, 0.25) is 0 Å². The second-order valence-electron chi connectivity index (χ2n) is 5.49. The first-order valence-electron chi connectivity index (χ1n) is 7.49. The Morgan fingerprint density at radius 1 is 1.23 bits per heavy atom. The molecule has 1 heterocycles. The number of nitrogens with one attached hydrogen (secondary N) is 3. The first kappa shape index (κ1) is 19.3. The Morgan fingerprint density at radius 2 is 1.96 bits per heavy atom. The SMILES string of the molecule is COc1cc(NC(=O)[C@H](C)NC(=O)c2ccoc2)ccc1NS(C)(=O)=O. The molecule has 10 heteroatoms. The van der Waals surface area contributed by atoms with Crippen LogP contribution in [-0.4, -0.2) is 39.6 Å². The summed E-state index contributed by atoms with van der Waals surface area (Å²) in [7, 11) is -2.09. The van der Waals surface area contributed by atoms with Crippen LogP contribution in [0, 0.1) is 0 Å². The van der Waals surface area contributed by atoms with E-state index in [1.54, 1.807) is 0 Å². The number of hydrogen-bond donors (Lipinski definition) is 3. The van der Waals surface area contributed by atoms with Gasteiger partial charge in [0.05, 0.1) is 30.9 Å². The average Bonchev–Trinajstić information content (AvgIpc) is 3.09. The van der Waals surface area contributed by atoms with Crippen molar-refractivity contribution in [3.05, 3.63) is 42.4 Å². The molecule has 140 valence electrons. The summed E-state index contributed by atoms with van der Waals surface area (Å²) in [6.45, 7) is 1.53. The summed E-state index contributed by atoms with van der Waals surface area (Å²) in [5, 5.41) is 5.16. The number of sulfonamides is 1. The molecule has 0 fully saturated rings. The fourth-order valence-electron chi connectivity index (χ4n) is 2.04. The largest absolute Gasteiger partial charge is 0.494 e. The molecule has 2 aromatic rings. The van der Waals surface area contributed by atoms with Crippen LogP contribution in [0.5, 0.6) is 5.75 Å². The van der Waals surface area contributed by atoms with Crippen LogP contribution in [0.1, 0.15) is 17.3 Å². The maximum atomic E-state index is 12.2. The summed E-state index contributed by atoms with van der Waals surface area (Å²) in [6.07, 6.45) is 3.66. The van der Waals surface area contributed by atoms with E-state index >= 15 is 0 Å². The lowest BCUT2D eigenvalue weighted by atomic mass is 10.2. The van der Waals surface area contributed by atoms with Crippen LogP contribution >= 0.6 is 0 Å². The van der Waals surface area contributed by atoms with Crippen LogP contribution in [0.3, 0.4) is 0 Å². The number of anilines is 2. The van der Waals surface area contributed by atoms with Gasteiger partial charge in [-0.25, -0.2) is 8.42 Å². The van der Waals surface area contributed by atoms with Gasteiger partial charge in [-0.15, -0.1) is 0 Å². The average molecular weight is 381 g/mol. The van der Waals surface area contributed by atoms with E-state index in [9.17, 15) is 18.0 Å². The molecule has 0 aliphatic heterocycles. The highest BCUT2D eigenvalue weighted by Crippen LogP contribution is 2.28. The summed E-state index contributed by atoms with van der Waals surface area (Å²) >= 11 is 0. The highest BCUT2D eigenvalue weighted by Gasteiger charge is 2.18. The normalized spacial score (nSPS) is 12.1. The number of benzene rings is 1. The van der Waals surface area contributed by atoms with E-state index in [4.69, 9.17) is 9.15 Å². The molecule has 9 nitrogen and oxygen atoms in total. The summed E-state index contributed by atoms with van der Waals surface area (Å²) < 4.78 is 34.9. The van der Waals surface area contributed by atoms with Crippen LogP contribution in [0.15, 0.2) is 41.2 Å². The predicted molar refractivity (Wildman–Crippen MR) is 95.7 cm³/mol. The van der Waals surface area contributed by atoms with Gasteiger partial charge in [0.2, 0.25) is 15.9 Å². The van der Waals surface area contributed by atoms with E-state index in [-0.39, 0.29) is 11.4 Å². The standard InChI is InChI=1S/C16H19N3O6S/c1-10(17-16(21)11-6-7-25-9-11)15(20)18-12-4-5-13(14(8-12)24-2)19-26(3,22)23/h4-10,19H,1-3H3,(H,17,21)(H,18,20)/t10-/m0/s1. The van der Waals surface area contributed by atoms with Gasteiger partial charge >= 0.3 is 0 Å². The Labute approximate surface area is 150 Å². The summed E-state index contributed by atoms with van der Waals surface area (Å²) in [5.41, 5.74) is 0.937. The number of hydrogen-bond acceptors (Lipinski definition) is 6. The van der Waals surface area contributed by atoms with E-state index in [1.165, 1.54) is 50.8 Å². The van der Waals surface area contributed by atoms with Gasteiger partial charge in [0.1, 0.15) is 18.1 Å². The highest BCUT2D eigenvalue weighted by atomic mass is 32.2. The number of rotatable bonds is 7. The molecule has 2 amide bonds. The molecule has 1 atom stereocenters. The van der Waals surface area contributed by atoms with Gasteiger partial charge in [-0.2, -0.15) is 0 Å². The molecular weight excluding hydrogens is 362 g/mol. The summed E-state index contributed by atoms with van der Waals surface area (Å²) in [5.74, 6) is -0.650. The molecule has 0 radical (unpaired) electrons. The fourth-order valence-corrected chi connectivity index (χ4v) is 2.61. The molecule has 0 saturated heterocycles. The predicted octanol–water partition coefficient (Wildman–Crippen LogP) is 1.42. The number of ether oxygens (including phenoxy) is 1. The molecule has 1 aromatic heterocycles. The quantitative estimate of drug-likeness (QED) is 0.666. The van der Waals surface area contributed by atoms with Crippen molar-refractivity contribution in [2.24, 2.45) is 0 Å². The third kappa shape index (κ3) is 5.24. The van der Waals surface area contributed by atoms with E-state index in [2.05, 4.69) is 15.4 Å². The zero-order valence-corrected chi connectivity index (χ0v) is 15.2. The minimum Gasteiger partial charge on any atom is -0.494 e. The van der Waals surface area contributed by atoms with Crippen molar-refractivity contribution < 1.29 is 27.2 Å². The number of methoxy groups -OCH3 is 1. The van der Waals surface area contributed by atoms with E-state index < -0.39 is 27.9 Å². The second kappa shape index (κ2) is 7.91. The smallest absolute Gasteiger partial charge is 0.255 e. The van der Waals surface area contributed by atoms with Crippen molar-refractivity contribution in [3.8, 4) is 5.75 Å². The van der Waals surface area contributed by atoms with Crippen molar-refractivity contribution in [1.82, 2.24) is 5.32 Å². The van der Waals surface area contributed by atoms with E-state index in [0.717, 1.165) is 6.26 Å². The first-order chi connectivity index (χ1) is 12.2. The maximum Gasteiger partial charge on any atom is 0.255 e. The molecule has 3 N–H and O–H groups in total. The van der Waals surface area contributed by atoms with Gasteiger partial charge in [-0.1, -0.05) is 0 Å². The third-order valence-corrected chi connectivity index (χ3v) is 3.88. The van der Waals surface area contributed by atoms with Crippen LogP contribution in [0.4, 0.5) is 11.4 Å². The maximum absolute atomic E-state index is 12.2. The van der Waals surface area contributed by atoms with Gasteiger partial charge in [-0.05, 0) is 25.1 Å². The fraction of sp³-hybridized carbons (Fsp3) is 0.250. The lowest BCUT2D eigenvalue weighted by Gasteiger charge is -2.15.